The standard InChI is InChI=1S/C10H17F3N2/c1-5-8(9(2,3)4)6-7-15(14)10(11,12)13/h5-7H,14H2,1-4H3/b7-6-,8-5+. The minimum Gasteiger partial charge on any atom is -0.241 e. The highest BCUT2D eigenvalue weighted by molar-refractivity contribution is 5.23. The SMILES string of the molecule is C/C=C(\C=C/N(N)C(F)(F)F)C(C)(C)C. The van der Waals surface area contributed by atoms with Gasteiger partial charge in [-0.1, -0.05) is 26.8 Å². The summed E-state index contributed by atoms with van der Waals surface area (Å²) in [6.07, 6.45) is -0.581. The topological polar surface area (TPSA) is 29.3 Å². The maximum absolute atomic E-state index is 12.0. The van der Waals surface area contributed by atoms with E-state index >= 15 is 0 Å². The summed E-state index contributed by atoms with van der Waals surface area (Å²) in [6, 6.07) is 0. The fourth-order valence-electron chi connectivity index (χ4n) is 1.02. The van der Waals surface area contributed by atoms with E-state index in [1.165, 1.54) is 6.08 Å². The van der Waals surface area contributed by atoms with Crippen LogP contribution in [0.4, 0.5) is 13.2 Å². The molecule has 2 N–H and O–H groups in total. The first-order chi connectivity index (χ1) is 6.59. The van der Waals surface area contributed by atoms with Crippen LogP contribution in [0.3, 0.4) is 0 Å². The molecule has 0 aromatic rings. The van der Waals surface area contributed by atoms with Crippen LogP contribution in [0.15, 0.2) is 23.9 Å². The van der Waals surface area contributed by atoms with Crippen molar-refractivity contribution in [3.05, 3.63) is 23.9 Å². The molecule has 0 bridgehead atoms. The number of nitrogens with two attached hydrogens (primary N) is 1. The van der Waals surface area contributed by atoms with Gasteiger partial charge in [-0.15, -0.1) is 13.2 Å². The predicted octanol–water partition coefficient (Wildman–Crippen LogP) is 3.19. The highest BCUT2D eigenvalue weighted by Gasteiger charge is 2.32. The van der Waals surface area contributed by atoms with Gasteiger partial charge in [-0.25, -0.2) is 10.9 Å². The normalized spacial score (nSPS) is 14.8. The van der Waals surface area contributed by atoms with Crippen molar-refractivity contribution in [1.29, 1.82) is 0 Å². The highest BCUT2D eigenvalue weighted by atomic mass is 19.4. The Labute approximate surface area is 88.2 Å². The molecule has 0 saturated carbocycles. The molecule has 0 aliphatic carbocycles. The minimum absolute atomic E-state index is 0.197. The van der Waals surface area contributed by atoms with Crippen molar-refractivity contribution in [3.63, 3.8) is 0 Å². The molecule has 2 nitrogen and oxygen atoms in total. The number of halogens is 3. The average Bonchev–Trinajstić information content (AvgIpc) is 2.00. The van der Waals surface area contributed by atoms with Crippen LogP contribution in [0.2, 0.25) is 0 Å². The Hall–Kier alpha value is -0.970. The van der Waals surface area contributed by atoms with E-state index in [0.717, 1.165) is 11.8 Å². The van der Waals surface area contributed by atoms with E-state index in [1.807, 2.05) is 20.8 Å². The van der Waals surface area contributed by atoms with Gasteiger partial charge < -0.3 is 0 Å². The van der Waals surface area contributed by atoms with E-state index in [-0.39, 0.29) is 10.4 Å². The summed E-state index contributed by atoms with van der Waals surface area (Å²) in [5.41, 5.74) is 0.597. The molecule has 88 valence electrons. The molecular weight excluding hydrogens is 205 g/mol. The van der Waals surface area contributed by atoms with Crippen molar-refractivity contribution in [2.75, 3.05) is 0 Å². The molecule has 0 spiro atoms. The summed E-state index contributed by atoms with van der Waals surface area (Å²) < 4.78 is 36.1. The van der Waals surface area contributed by atoms with Gasteiger partial charge >= 0.3 is 6.30 Å². The number of nitrogens with zero attached hydrogens (tertiary/aromatic N) is 1. The van der Waals surface area contributed by atoms with Crippen LogP contribution in [0.1, 0.15) is 27.7 Å². The van der Waals surface area contributed by atoms with Gasteiger partial charge in [0.25, 0.3) is 0 Å². The smallest absolute Gasteiger partial charge is 0.241 e. The van der Waals surface area contributed by atoms with E-state index in [2.05, 4.69) is 0 Å². The molecule has 0 saturated heterocycles. The highest BCUT2D eigenvalue weighted by Crippen LogP contribution is 2.26. The summed E-state index contributed by atoms with van der Waals surface area (Å²) in [5, 5.41) is -0.262. The van der Waals surface area contributed by atoms with E-state index in [1.54, 1.807) is 13.0 Å². The fraction of sp³-hybridized carbons (Fsp3) is 0.600. The third-order valence-corrected chi connectivity index (χ3v) is 1.88. The number of alkyl halides is 3. The quantitative estimate of drug-likeness (QED) is 0.336. The Kier molecular flexibility index (Phi) is 4.40. The molecule has 0 aliphatic heterocycles. The van der Waals surface area contributed by atoms with Crippen molar-refractivity contribution < 1.29 is 13.2 Å². The van der Waals surface area contributed by atoms with Crippen LogP contribution < -0.4 is 5.84 Å². The first kappa shape index (κ1) is 14.0. The summed E-state index contributed by atoms with van der Waals surface area (Å²) in [4.78, 5) is 0. The summed E-state index contributed by atoms with van der Waals surface area (Å²) >= 11 is 0. The lowest BCUT2D eigenvalue weighted by molar-refractivity contribution is -0.229. The van der Waals surface area contributed by atoms with Gasteiger partial charge in [0.15, 0.2) is 0 Å². The van der Waals surface area contributed by atoms with Crippen molar-refractivity contribution in [2.45, 2.75) is 34.0 Å². The number of hydrazine groups is 1. The van der Waals surface area contributed by atoms with Crippen LogP contribution in [-0.4, -0.2) is 11.3 Å². The second kappa shape index (κ2) is 4.70. The first-order valence-corrected chi connectivity index (χ1v) is 4.54. The maximum atomic E-state index is 12.0. The summed E-state index contributed by atoms with van der Waals surface area (Å²) in [5.74, 6) is 4.79. The van der Waals surface area contributed by atoms with Gasteiger partial charge in [0.05, 0.1) is 0 Å². The van der Waals surface area contributed by atoms with Crippen molar-refractivity contribution in [1.82, 2.24) is 5.01 Å². The van der Waals surface area contributed by atoms with Crippen LogP contribution >= 0.6 is 0 Å². The molecule has 15 heavy (non-hydrogen) atoms. The number of rotatable bonds is 2. The molecular formula is C10H17F3N2. The van der Waals surface area contributed by atoms with Gasteiger partial charge in [0.2, 0.25) is 0 Å². The molecule has 0 aromatic carbocycles. The minimum atomic E-state index is -4.53. The zero-order chi connectivity index (χ0) is 12.3. The summed E-state index contributed by atoms with van der Waals surface area (Å²) in [7, 11) is 0. The zero-order valence-electron chi connectivity index (χ0n) is 9.39. The molecule has 0 atom stereocenters. The lowest BCUT2D eigenvalue weighted by Gasteiger charge is -2.22. The molecule has 0 heterocycles. The largest absolute Gasteiger partial charge is 0.498 e. The van der Waals surface area contributed by atoms with E-state index in [0.29, 0.717) is 0 Å². The van der Waals surface area contributed by atoms with E-state index < -0.39 is 6.30 Å². The molecule has 0 unspecified atom stereocenters. The Bertz CT molecular complexity index is 259. The zero-order valence-corrected chi connectivity index (χ0v) is 9.39. The van der Waals surface area contributed by atoms with Gasteiger partial charge in [0.1, 0.15) is 0 Å². The molecule has 0 aromatic heterocycles. The second-order valence-corrected chi connectivity index (χ2v) is 4.18. The maximum Gasteiger partial charge on any atom is 0.498 e. The molecule has 0 rings (SSSR count). The van der Waals surface area contributed by atoms with Gasteiger partial charge in [0, 0.05) is 6.20 Å². The Morgan fingerprint density at radius 2 is 1.67 bits per heavy atom. The van der Waals surface area contributed by atoms with Crippen molar-refractivity contribution >= 4 is 0 Å². The van der Waals surface area contributed by atoms with Crippen LogP contribution in [0.5, 0.6) is 0 Å². The number of hydrogen-bond acceptors (Lipinski definition) is 2. The van der Waals surface area contributed by atoms with Crippen LogP contribution in [0, 0.1) is 5.41 Å². The van der Waals surface area contributed by atoms with E-state index in [4.69, 9.17) is 5.84 Å². The summed E-state index contributed by atoms with van der Waals surface area (Å²) in [6.45, 7) is 7.53. The monoisotopic (exact) mass is 222 g/mol. The lowest BCUT2D eigenvalue weighted by Crippen LogP contribution is -2.39. The Morgan fingerprint density at radius 3 is 1.93 bits per heavy atom. The Morgan fingerprint density at radius 1 is 1.20 bits per heavy atom. The van der Waals surface area contributed by atoms with Crippen molar-refractivity contribution in [2.24, 2.45) is 11.3 Å². The van der Waals surface area contributed by atoms with Gasteiger partial charge in [-0.05, 0) is 24.0 Å². The fourth-order valence-corrected chi connectivity index (χ4v) is 1.02. The van der Waals surface area contributed by atoms with Gasteiger partial charge in [-0.3, -0.25) is 0 Å². The third kappa shape index (κ3) is 4.88. The van der Waals surface area contributed by atoms with E-state index in [9.17, 15) is 13.2 Å². The molecule has 0 radical (unpaired) electrons. The van der Waals surface area contributed by atoms with Crippen LogP contribution in [-0.2, 0) is 0 Å². The number of allylic oxidation sites excluding steroid dienone is 3. The lowest BCUT2D eigenvalue weighted by atomic mass is 9.86. The third-order valence-electron chi connectivity index (χ3n) is 1.88. The molecule has 0 aliphatic rings. The predicted molar refractivity (Wildman–Crippen MR) is 54.4 cm³/mol. The van der Waals surface area contributed by atoms with Crippen molar-refractivity contribution in [3.8, 4) is 0 Å². The first-order valence-electron chi connectivity index (χ1n) is 4.54. The molecule has 5 heteroatoms. The average molecular weight is 222 g/mol. The Balaban J connectivity index is 4.67. The molecule has 0 fully saturated rings. The number of hydrogen-bond donors (Lipinski definition) is 1. The second-order valence-electron chi connectivity index (χ2n) is 4.18. The van der Waals surface area contributed by atoms with Crippen LogP contribution in [0.25, 0.3) is 0 Å². The molecule has 0 amide bonds. The van der Waals surface area contributed by atoms with Gasteiger partial charge in [-0.2, -0.15) is 0 Å².